The maximum absolute atomic E-state index is 12.2. The number of carbonyl (C=O) groups is 1. The van der Waals surface area contributed by atoms with Crippen LogP contribution in [0.2, 0.25) is 0 Å². The van der Waals surface area contributed by atoms with Crippen molar-refractivity contribution >= 4 is 38.9 Å². The van der Waals surface area contributed by atoms with Crippen LogP contribution in [-0.2, 0) is 0 Å². The Labute approximate surface area is 124 Å². The van der Waals surface area contributed by atoms with E-state index in [1.807, 2.05) is 31.4 Å². The molecule has 0 radical (unpaired) electrons. The van der Waals surface area contributed by atoms with Crippen molar-refractivity contribution in [3.05, 3.63) is 44.1 Å². The zero-order chi connectivity index (χ0) is 14.0. The molecular weight excluding hydrogens is 326 g/mol. The Morgan fingerprint density at radius 2 is 1.95 bits per heavy atom. The number of aryl methyl sites for hydroxylation is 2. The fourth-order valence-corrected chi connectivity index (χ4v) is 2.81. The molecule has 0 aliphatic carbocycles. The fourth-order valence-electron chi connectivity index (χ4n) is 1.83. The van der Waals surface area contributed by atoms with Gasteiger partial charge in [0.15, 0.2) is 0 Å². The molecule has 0 atom stereocenters. The summed E-state index contributed by atoms with van der Waals surface area (Å²) in [5, 5.41) is 4.74. The molecular formula is C14H14BrNO2S. The molecule has 1 aromatic carbocycles. The van der Waals surface area contributed by atoms with Crippen molar-refractivity contribution in [1.29, 1.82) is 0 Å². The van der Waals surface area contributed by atoms with Crippen LogP contribution < -0.4 is 10.1 Å². The summed E-state index contributed by atoms with van der Waals surface area (Å²) in [4.78, 5) is 12.8. The van der Waals surface area contributed by atoms with Crippen molar-refractivity contribution in [2.45, 2.75) is 13.8 Å². The van der Waals surface area contributed by atoms with Crippen molar-refractivity contribution in [2.75, 3.05) is 12.4 Å². The minimum atomic E-state index is -0.145. The van der Waals surface area contributed by atoms with Crippen molar-refractivity contribution < 1.29 is 9.53 Å². The van der Waals surface area contributed by atoms with E-state index in [1.165, 1.54) is 11.3 Å². The smallest absolute Gasteiger partial charge is 0.269 e. The Hall–Kier alpha value is -1.33. The molecule has 100 valence electrons. The van der Waals surface area contributed by atoms with Gasteiger partial charge >= 0.3 is 0 Å². The Balaban J connectivity index is 2.24. The molecule has 5 heteroatoms. The first-order chi connectivity index (χ1) is 9.02. The molecule has 0 saturated carbocycles. The molecule has 0 bridgehead atoms. The third kappa shape index (κ3) is 2.98. The SMILES string of the molecule is COc1ccsc1C(=O)Nc1cc(C)c(Br)c(C)c1. The van der Waals surface area contributed by atoms with Gasteiger partial charge in [0, 0.05) is 10.2 Å². The highest BCUT2D eigenvalue weighted by atomic mass is 79.9. The second-order valence-corrected chi connectivity index (χ2v) is 5.91. The zero-order valence-corrected chi connectivity index (χ0v) is 13.3. The van der Waals surface area contributed by atoms with E-state index >= 15 is 0 Å². The van der Waals surface area contributed by atoms with Gasteiger partial charge in [-0.15, -0.1) is 11.3 Å². The lowest BCUT2D eigenvalue weighted by atomic mass is 10.1. The molecule has 2 rings (SSSR count). The first-order valence-corrected chi connectivity index (χ1v) is 7.39. The van der Waals surface area contributed by atoms with Crippen molar-refractivity contribution in [3.8, 4) is 5.75 Å². The molecule has 19 heavy (non-hydrogen) atoms. The van der Waals surface area contributed by atoms with Gasteiger partial charge in [-0.05, 0) is 48.6 Å². The quantitative estimate of drug-likeness (QED) is 0.900. The molecule has 0 aliphatic heterocycles. The number of halogens is 1. The first kappa shape index (κ1) is 14.1. The summed E-state index contributed by atoms with van der Waals surface area (Å²) in [6, 6.07) is 5.67. The number of ether oxygens (including phenoxy) is 1. The maximum Gasteiger partial charge on any atom is 0.269 e. The number of amides is 1. The lowest BCUT2D eigenvalue weighted by Gasteiger charge is -2.09. The van der Waals surface area contributed by atoms with E-state index < -0.39 is 0 Å². The van der Waals surface area contributed by atoms with Gasteiger partial charge < -0.3 is 10.1 Å². The Morgan fingerprint density at radius 1 is 1.32 bits per heavy atom. The minimum Gasteiger partial charge on any atom is -0.495 e. The Kier molecular flexibility index (Phi) is 4.27. The number of rotatable bonds is 3. The van der Waals surface area contributed by atoms with Gasteiger partial charge in [-0.25, -0.2) is 0 Å². The summed E-state index contributed by atoms with van der Waals surface area (Å²) in [6.45, 7) is 4.00. The highest BCUT2D eigenvalue weighted by Crippen LogP contribution is 2.28. The number of nitrogens with one attached hydrogen (secondary N) is 1. The van der Waals surface area contributed by atoms with Crippen LogP contribution in [-0.4, -0.2) is 13.0 Å². The van der Waals surface area contributed by atoms with E-state index in [1.54, 1.807) is 13.2 Å². The molecule has 1 heterocycles. The first-order valence-electron chi connectivity index (χ1n) is 5.72. The summed E-state index contributed by atoms with van der Waals surface area (Å²) in [5.74, 6) is 0.459. The average molecular weight is 340 g/mol. The number of hydrogen-bond donors (Lipinski definition) is 1. The van der Waals surface area contributed by atoms with Gasteiger partial charge in [0.05, 0.1) is 7.11 Å². The summed E-state index contributed by atoms with van der Waals surface area (Å²) in [6.07, 6.45) is 0. The predicted molar refractivity (Wildman–Crippen MR) is 82.4 cm³/mol. The van der Waals surface area contributed by atoms with E-state index in [9.17, 15) is 4.79 Å². The molecule has 2 aromatic rings. The molecule has 0 unspecified atom stereocenters. The molecule has 0 saturated heterocycles. The standard InChI is InChI=1S/C14H14BrNO2S/c1-8-6-10(7-9(2)12(8)15)16-14(17)13-11(18-3)4-5-19-13/h4-7H,1-3H3,(H,16,17). The van der Waals surface area contributed by atoms with Crippen LogP contribution in [0.25, 0.3) is 0 Å². The van der Waals surface area contributed by atoms with E-state index in [0.29, 0.717) is 10.6 Å². The molecule has 0 fully saturated rings. The Bertz CT molecular complexity index is 599. The fraction of sp³-hybridized carbons (Fsp3) is 0.214. The van der Waals surface area contributed by atoms with Gasteiger partial charge in [-0.2, -0.15) is 0 Å². The van der Waals surface area contributed by atoms with Crippen LogP contribution in [0.3, 0.4) is 0 Å². The van der Waals surface area contributed by atoms with Crippen LogP contribution in [0.4, 0.5) is 5.69 Å². The summed E-state index contributed by atoms with van der Waals surface area (Å²) in [5.41, 5.74) is 2.97. The van der Waals surface area contributed by atoms with Crippen LogP contribution in [0.1, 0.15) is 20.8 Å². The zero-order valence-electron chi connectivity index (χ0n) is 10.9. The van der Waals surface area contributed by atoms with Crippen LogP contribution >= 0.6 is 27.3 Å². The monoisotopic (exact) mass is 339 g/mol. The van der Waals surface area contributed by atoms with Crippen molar-refractivity contribution in [2.24, 2.45) is 0 Å². The molecule has 1 aromatic heterocycles. The average Bonchev–Trinajstić information content (AvgIpc) is 2.84. The summed E-state index contributed by atoms with van der Waals surface area (Å²) in [7, 11) is 1.56. The molecule has 1 amide bonds. The van der Waals surface area contributed by atoms with E-state index in [-0.39, 0.29) is 5.91 Å². The van der Waals surface area contributed by atoms with E-state index in [0.717, 1.165) is 21.3 Å². The van der Waals surface area contributed by atoms with Gasteiger partial charge in [-0.3, -0.25) is 4.79 Å². The number of benzene rings is 1. The lowest BCUT2D eigenvalue weighted by Crippen LogP contribution is -2.11. The second-order valence-electron chi connectivity index (χ2n) is 4.20. The number of methoxy groups -OCH3 is 1. The van der Waals surface area contributed by atoms with Crippen LogP contribution in [0.5, 0.6) is 5.75 Å². The number of anilines is 1. The third-order valence-corrected chi connectivity index (χ3v) is 4.89. The summed E-state index contributed by atoms with van der Waals surface area (Å²) >= 11 is 4.88. The lowest BCUT2D eigenvalue weighted by molar-refractivity contribution is 0.102. The molecule has 0 spiro atoms. The Morgan fingerprint density at radius 3 is 2.53 bits per heavy atom. The highest BCUT2D eigenvalue weighted by Gasteiger charge is 2.14. The van der Waals surface area contributed by atoms with E-state index in [2.05, 4.69) is 21.2 Å². The van der Waals surface area contributed by atoms with Gasteiger partial charge in [0.1, 0.15) is 10.6 Å². The topological polar surface area (TPSA) is 38.3 Å². The normalized spacial score (nSPS) is 10.3. The highest BCUT2D eigenvalue weighted by molar-refractivity contribution is 9.10. The molecule has 1 N–H and O–H groups in total. The van der Waals surface area contributed by atoms with Crippen molar-refractivity contribution in [3.63, 3.8) is 0 Å². The van der Waals surface area contributed by atoms with Crippen LogP contribution in [0.15, 0.2) is 28.1 Å². The number of carbonyl (C=O) groups excluding carboxylic acids is 1. The van der Waals surface area contributed by atoms with E-state index in [4.69, 9.17) is 4.74 Å². The molecule has 0 aliphatic rings. The third-order valence-electron chi connectivity index (χ3n) is 2.75. The van der Waals surface area contributed by atoms with Crippen LogP contribution in [0, 0.1) is 13.8 Å². The summed E-state index contributed by atoms with van der Waals surface area (Å²) < 4.78 is 6.22. The molecule has 3 nitrogen and oxygen atoms in total. The minimum absolute atomic E-state index is 0.145. The number of thiophene rings is 1. The predicted octanol–water partition coefficient (Wildman–Crippen LogP) is 4.39. The maximum atomic E-state index is 12.2. The number of hydrogen-bond acceptors (Lipinski definition) is 3. The van der Waals surface area contributed by atoms with Gasteiger partial charge in [-0.1, -0.05) is 15.9 Å². The van der Waals surface area contributed by atoms with Crippen molar-refractivity contribution in [1.82, 2.24) is 0 Å². The largest absolute Gasteiger partial charge is 0.495 e. The van der Waals surface area contributed by atoms with Gasteiger partial charge in [0.2, 0.25) is 0 Å². The second kappa shape index (κ2) is 5.75. The van der Waals surface area contributed by atoms with Gasteiger partial charge in [0.25, 0.3) is 5.91 Å².